The summed E-state index contributed by atoms with van der Waals surface area (Å²) in [6.07, 6.45) is -0.640. The predicted molar refractivity (Wildman–Crippen MR) is 115 cm³/mol. The largest absolute Gasteiger partial charge is 0.497 e. The van der Waals surface area contributed by atoms with Crippen molar-refractivity contribution >= 4 is 6.03 Å². The Morgan fingerprint density at radius 1 is 1.19 bits per heavy atom. The molecule has 0 saturated carbocycles. The van der Waals surface area contributed by atoms with Crippen molar-refractivity contribution in [3.63, 3.8) is 0 Å². The van der Waals surface area contributed by atoms with E-state index in [0.29, 0.717) is 24.5 Å². The van der Waals surface area contributed by atoms with Gasteiger partial charge in [-0.3, -0.25) is 0 Å². The van der Waals surface area contributed by atoms with Gasteiger partial charge in [-0.1, -0.05) is 12.1 Å². The van der Waals surface area contributed by atoms with E-state index in [1.54, 1.807) is 38.5 Å². The van der Waals surface area contributed by atoms with Crippen LogP contribution in [0.5, 0.6) is 11.5 Å². The SMILES string of the molecule is COc1ccc(CNC(=O)N(Cc2ccc(F)cc2)[C@H]2CCN(C)C[C@H]2F)c(OC)c1. The van der Waals surface area contributed by atoms with Crippen molar-refractivity contribution in [2.24, 2.45) is 0 Å². The minimum atomic E-state index is -1.17. The number of likely N-dealkylation sites (tertiary alicyclic amines) is 1. The Labute approximate surface area is 181 Å². The average Bonchev–Trinajstić information content (AvgIpc) is 2.77. The first-order valence-corrected chi connectivity index (χ1v) is 10.2. The molecular weight excluding hydrogens is 404 g/mol. The summed E-state index contributed by atoms with van der Waals surface area (Å²) in [7, 11) is 4.98. The Morgan fingerprint density at radius 2 is 1.94 bits per heavy atom. The van der Waals surface area contributed by atoms with Gasteiger partial charge in [0.25, 0.3) is 0 Å². The van der Waals surface area contributed by atoms with Gasteiger partial charge in [-0.2, -0.15) is 0 Å². The smallest absolute Gasteiger partial charge is 0.318 e. The maximum absolute atomic E-state index is 14.9. The van der Waals surface area contributed by atoms with E-state index in [0.717, 1.165) is 11.1 Å². The fraction of sp³-hybridized carbons (Fsp3) is 0.435. The van der Waals surface area contributed by atoms with Gasteiger partial charge in [0.05, 0.1) is 20.3 Å². The monoisotopic (exact) mass is 433 g/mol. The van der Waals surface area contributed by atoms with Crippen molar-refractivity contribution in [3.05, 3.63) is 59.4 Å². The first-order chi connectivity index (χ1) is 14.9. The molecule has 0 aromatic heterocycles. The molecule has 0 spiro atoms. The molecule has 0 radical (unpaired) electrons. The summed E-state index contributed by atoms with van der Waals surface area (Å²) in [5, 5.41) is 2.88. The maximum atomic E-state index is 14.9. The first-order valence-electron chi connectivity index (χ1n) is 10.2. The Kier molecular flexibility index (Phi) is 7.68. The number of piperidine rings is 1. The number of carbonyl (C=O) groups excluding carboxylic acids is 1. The van der Waals surface area contributed by atoms with Crippen LogP contribution in [-0.4, -0.2) is 62.4 Å². The molecule has 8 heteroatoms. The molecule has 2 aromatic carbocycles. The highest BCUT2D eigenvalue weighted by Crippen LogP contribution is 2.25. The van der Waals surface area contributed by atoms with Gasteiger partial charge in [-0.15, -0.1) is 0 Å². The van der Waals surface area contributed by atoms with E-state index in [1.165, 1.54) is 17.0 Å². The van der Waals surface area contributed by atoms with Crippen molar-refractivity contribution in [1.29, 1.82) is 0 Å². The number of rotatable bonds is 7. The van der Waals surface area contributed by atoms with E-state index >= 15 is 0 Å². The van der Waals surface area contributed by atoms with Crippen LogP contribution >= 0.6 is 0 Å². The zero-order valence-corrected chi connectivity index (χ0v) is 18.1. The zero-order chi connectivity index (χ0) is 22.4. The number of nitrogens with one attached hydrogen (secondary N) is 1. The van der Waals surface area contributed by atoms with E-state index < -0.39 is 12.2 Å². The normalized spacial score (nSPS) is 19.0. The van der Waals surface area contributed by atoms with Crippen LogP contribution in [0.15, 0.2) is 42.5 Å². The number of urea groups is 1. The van der Waals surface area contributed by atoms with Crippen LogP contribution in [0.2, 0.25) is 0 Å². The summed E-state index contributed by atoms with van der Waals surface area (Å²) < 4.78 is 38.8. The van der Waals surface area contributed by atoms with Crippen molar-refractivity contribution < 1.29 is 23.0 Å². The van der Waals surface area contributed by atoms with Gasteiger partial charge in [0.2, 0.25) is 0 Å². The lowest BCUT2D eigenvalue weighted by Gasteiger charge is -2.39. The third kappa shape index (κ3) is 5.85. The number of nitrogens with zero attached hydrogens (tertiary/aromatic N) is 2. The number of carbonyl (C=O) groups is 1. The number of benzene rings is 2. The first kappa shape index (κ1) is 22.8. The summed E-state index contributed by atoms with van der Waals surface area (Å²) in [6.45, 7) is 1.38. The minimum Gasteiger partial charge on any atom is -0.497 e. The second-order valence-electron chi connectivity index (χ2n) is 7.73. The summed E-state index contributed by atoms with van der Waals surface area (Å²) in [5.41, 5.74) is 1.52. The molecule has 0 unspecified atom stereocenters. The fourth-order valence-electron chi connectivity index (χ4n) is 3.79. The number of halogens is 2. The maximum Gasteiger partial charge on any atom is 0.318 e. The van der Waals surface area contributed by atoms with Gasteiger partial charge >= 0.3 is 6.03 Å². The molecule has 1 fully saturated rings. The quantitative estimate of drug-likeness (QED) is 0.725. The second-order valence-corrected chi connectivity index (χ2v) is 7.73. The Hall–Kier alpha value is -2.87. The van der Waals surface area contributed by atoms with Crippen molar-refractivity contribution in [2.45, 2.75) is 31.7 Å². The standard InChI is InChI=1S/C23H29F2N3O3/c1-27-11-10-21(20(25)15-27)28(14-16-4-7-18(24)8-5-16)23(29)26-13-17-6-9-19(30-2)12-22(17)31-3/h4-9,12,20-21H,10-11,13-15H2,1-3H3,(H,26,29)/t20-,21+/m1/s1. The lowest BCUT2D eigenvalue weighted by Crippen LogP contribution is -2.55. The number of hydrogen-bond acceptors (Lipinski definition) is 4. The molecule has 2 amide bonds. The molecule has 1 heterocycles. The number of methoxy groups -OCH3 is 2. The van der Waals surface area contributed by atoms with Crippen LogP contribution in [0, 0.1) is 5.82 Å². The van der Waals surface area contributed by atoms with E-state index in [9.17, 15) is 13.6 Å². The molecule has 168 valence electrons. The van der Waals surface area contributed by atoms with Gasteiger partial charge in [-0.05, 0) is 43.3 Å². The summed E-state index contributed by atoms with van der Waals surface area (Å²) in [5.74, 6) is 0.887. The highest BCUT2D eigenvalue weighted by molar-refractivity contribution is 5.75. The average molecular weight is 433 g/mol. The van der Waals surface area contributed by atoms with Crippen LogP contribution in [0.3, 0.4) is 0 Å². The van der Waals surface area contributed by atoms with Crippen LogP contribution in [0.4, 0.5) is 13.6 Å². The van der Waals surface area contributed by atoms with Crippen molar-refractivity contribution in [1.82, 2.24) is 15.1 Å². The molecule has 0 aliphatic carbocycles. The molecule has 1 N–H and O–H groups in total. The number of ether oxygens (including phenoxy) is 2. The van der Waals surface area contributed by atoms with Crippen molar-refractivity contribution in [2.75, 3.05) is 34.4 Å². The zero-order valence-electron chi connectivity index (χ0n) is 18.1. The van der Waals surface area contributed by atoms with E-state index in [2.05, 4.69) is 5.32 Å². The second kappa shape index (κ2) is 10.4. The van der Waals surface area contributed by atoms with E-state index in [1.807, 2.05) is 18.0 Å². The molecule has 1 aliphatic heterocycles. The Morgan fingerprint density at radius 3 is 2.58 bits per heavy atom. The highest BCUT2D eigenvalue weighted by Gasteiger charge is 2.35. The molecule has 0 bridgehead atoms. The Bertz CT molecular complexity index is 879. The molecular formula is C23H29F2N3O3. The number of alkyl halides is 1. The Balaban J connectivity index is 1.76. The fourth-order valence-corrected chi connectivity index (χ4v) is 3.79. The topological polar surface area (TPSA) is 54.0 Å². The van der Waals surface area contributed by atoms with Gasteiger partial charge in [0.1, 0.15) is 23.5 Å². The molecule has 2 atom stereocenters. The van der Waals surface area contributed by atoms with E-state index in [4.69, 9.17) is 9.47 Å². The van der Waals surface area contributed by atoms with Crippen molar-refractivity contribution in [3.8, 4) is 11.5 Å². The minimum absolute atomic E-state index is 0.195. The molecule has 3 rings (SSSR count). The van der Waals surface area contributed by atoms with Crippen LogP contribution in [-0.2, 0) is 13.1 Å². The summed E-state index contributed by atoms with van der Waals surface area (Å²) in [6, 6.07) is 10.3. The lowest BCUT2D eigenvalue weighted by atomic mass is 10.0. The number of amides is 2. The van der Waals surface area contributed by atoms with Gasteiger partial charge in [-0.25, -0.2) is 13.6 Å². The van der Waals surface area contributed by atoms with Gasteiger partial charge < -0.3 is 24.6 Å². The summed E-state index contributed by atoms with van der Waals surface area (Å²) >= 11 is 0. The molecule has 1 aliphatic rings. The van der Waals surface area contributed by atoms with Crippen LogP contribution < -0.4 is 14.8 Å². The summed E-state index contributed by atoms with van der Waals surface area (Å²) in [4.78, 5) is 16.6. The van der Waals surface area contributed by atoms with E-state index in [-0.39, 0.29) is 31.5 Å². The third-order valence-corrected chi connectivity index (χ3v) is 5.56. The lowest BCUT2D eigenvalue weighted by molar-refractivity contribution is 0.0571. The highest BCUT2D eigenvalue weighted by atomic mass is 19.1. The molecule has 31 heavy (non-hydrogen) atoms. The predicted octanol–water partition coefficient (Wildman–Crippen LogP) is 3.60. The van der Waals surface area contributed by atoms with Crippen LogP contribution in [0.1, 0.15) is 17.5 Å². The molecule has 1 saturated heterocycles. The van der Waals surface area contributed by atoms with Crippen LogP contribution in [0.25, 0.3) is 0 Å². The van der Waals surface area contributed by atoms with Gasteiger partial charge in [0.15, 0.2) is 0 Å². The molecule has 2 aromatic rings. The number of hydrogen-bond donors (Lipinski definition) is 1. The third-order valence-electron chi connectivity index (χ3n) is 5.56. The molecule has 6 nitrogen and oxygen atoms in total. The van der Waals surface area contributed by atoms with Gasteiger partial charge in [0, 0.05) is 37.8 Å².